The molecule has 3 unspecified atom stereocenters. The highest BCUT2D eigenvalue weighted by atomic mass is 16.3. The maximum absolute atomic E-state index is 11.6. The molecule has 2 rings (SSSR count). The van der Waals surface area contributed by atoms with Crippen molar-refractivity contribution in [1.29, 1.82) is 0 Å². The summed E-state index contributed by atoms with van der Waals surface area (Å²) in [5.41, 5.74) is -0.337. The van der Waals surface area contributed by atoms with Crippen LogP contribution in [-0.4, -0.2) is 17.5 Å². The van der Waals surface area contributed by atoms with Crippen LogP contribution >= 0.6 is 0 Å². The molecule has 2 aliphatic carbocycles. The van der Waals surface area contributed by atoms with Gasteiger partial charge in [0.25, 0.3) is 0 Å². The second-order valence-corrected chi connectivity index (χ2v) is 4.77. The molecular formula is C10H16O2. The summed E-state index contributed by atoms with van der Waals surface area (Å²) in [6.07, 6.45) is 2.81. The van der Waals surface area contributed by atoms with Crippen LogP contribution in [0.25, 0.3) is 0 Å². The molecule has 0 amide bonds. The van der Waals surface area contributed by atoms with E-state index in [1.165, 1.54) is 0 Å². The van der Waals surface area contributed by atoms with Gasteiger partial charge in [-0.25, -0.2) is 0 Å². The normalized spacial score (nSPS) is 51.9. The number of aliphatic hydroxyl groups is 1. The van der Waals surface area contributed by atoms with Crippen LogP contribution in [-0.2, 0) is 4.79 Å². The monoisotopic (exact) mass is 168 g/mol. The van der Waals surface area contributed by atoms with Crippen LogP contribution in [0, 0.1) is 16.7 Å². The van der Waals surface area contributed by atoms with Gasteiger partial charge in [0.05, 0.1) is 0 Å². The van der Waals surface area contributed by atoms with Crippen LogP contribution in [0.5, 0.6) is 0 Å². The Morgan fingerprint density at radius 1 is 1.58 bits per heavy atom. The summed E-state index contributed by atoms with van der Waals surface area (Å²) in [5.74, 6) is 0.815. The van der Waals surface area contributed by atoms with E-state index in [9.17, 15) is 9.90 Å². The SMILES string of the molecule is CC12CCC(CC1=O)C2(C)CO. The summed E-state index contributed by atoms with van der Waals surface area (Å²) in [6.45, 7) is 4.26. The molecule has 2 bridgehead atoms. The number of hydrogen-bond donors (Lipinski definition) is 1. The van der Waals surface area contributed by atoms with Gasteiger partial charge in [0.2, 0.25) is 0 Å². The Hall–Kier alpha value is -0.370. The number of Topliss-reactive ketones (excluding diaryl/α,β-unsaturated/α-hetero) is 1. The minimum absolute atomic E-state index is 0.121. The molecule has 0 aliphatic heterocycles. The number of aliphatic hydroxyl groups excluding tert-OH is 1. The van der Waals surface area contributed by atoms with E-state index in [-0.39, 0.29) is 17.4 Å². The number of carbonyl (C=O) groups is 1. The lowest BCUT2D eigenvalue weighted by Crippen LogP contribution is -2.37. The largest absolute Gasteiger partial charge is 0.396 e. The molecule has 0 heterocycles. The molecule has 12 heavy (non-hydrogen) atoms. The lowest BCUT2D eigenvalue weighted by atomic mass is 9.69. The van der Waals surface area contributed by atoms with Crippen molar-refractivity contribution in [2.45, 2.75) is 33.1 Å². The van der Waals surface area contributed by atoms with Crippen LogP contribution in [0.1, 0.15) is 33.1 Å². The molecular weight excluding hydrogens is 152 g/mol. The Labute approximate surface area is 73.0 Å². The van der Waals surface area contributed by atoms with Gasteiger partial charge in [-0.15, -0.1) is 0 Å². The Kier molecular flexibility index (Phi) is 1.45. The van der Waals surface area contributed by atoms with Gasteiger partial charge in [-0.1, -0.05) is 13.8 Å². The molecule has 0 aromatic heterocycles. The van der Waals surface area contributed by atoms with E-state index in [0.29, 0.717) is 18.1 Å². The van der Waals surface area contributed by atoms with Gasteiger partial charge in [0, 0.05) is 23.9 Å². The smallest absolute Gasteiger partial charge is 0.139 e. The standard InChI is InChI=1S/C10H16O2/c1-9-4-3-7(5-8(9)12)10(9,2)6-11/h7,11H,3-6H2,1-2H3. The lowest BCUT2D eigenvalue weighted by Gasteiger charge is -2.34. The summed E-state index contributed by atoms with van der Waals surface area (Å²) in [7, 11) is 0. The fraction of sp³-hybridized carbons (Fsp3) is 0.900. The van der Waals surface area contributed by atoms with Gasteiger partial charge in [-0.05, 0) is 18.8 Å². The van der Waals surface area contributed by atoms with Crippen LogP contribution in [0.3, 0.4) is 0 Å². The Bertz CT molecular complexity index is 236. The van der Waals surface area contributed by atoms with E-state index in [1.54, 1.807) is 0 Å². The predicted octanol–water partition coefficient (Wildman–Crippen LogP) is 1.37. The Morgan fingerprint density at radius 2 is 2.25 bits per heavy atom. The molecule has 68 valence electrons. The molecule has 2 aliphatic rings. The number of ketones is 1. The fourth-order valence-electron chi connectivity index (χ4n) is 3.06. The third-order valence-corrected chi connectivity index (χ3v) is 4.53. The van der Waals surface area contributed by atoms with E-state index in [0.717, 1.165) is 12.8 Å². The molecule has 1 N–H and O–H groups in total. The van der Waals surface area contributed by atoms with Crippen LogP contribution in [0.2, 0.25) is 0 Å². The van der Waals surface area contributed by atoms with Crippen LogP contribution < -0.4 is 0 Å². The van der Waals surface area contributed by atoms with Crippen molar-refractivity contribution in [3.05, 3.63) is 0 Å². The highest BCUT2D eigenvalue weighted by Gasteiger charge is 2.63. The third-order valence-electron chi connectivity index (χ3n) is 4.53. The fourth-order valence-corrected chi connectivity index (χ4v) is 3.06. The van der Waals surface area contributed by atoms with Crippen molar-refractivity contribution >= 4 is 5.78 Å². The number of carbonyl (C=O) groups excluding carboxylic acids is 1. The van der Waals surface area contributed by atoms with Crippen molar-refractivity contribution in [2.75, 3.05) is 6.61 Å². The maximum atomic E-state index is 11.6. The van der Waals surface area contributed by atoms with E-state index < -0.39 is 0 Å². The molecule has 2 heteroatoms. The number of rotatable bonds is 1. The van der Waals surface area contributed by atoms with Gasteiger partial charge in [0.15, 0.2) is 0 Å². The van der Waals surface area contributed by atoms with Crippen molar-refractivity contribution in [1.82, 2.24) is 0 Å². The predicted molar refractivity (Wildman–Crippen MR) is 45.6 cm³/mol. The maximum Gasteiger partial charge on any atom is 0.139 e. The molecule has 0 saturated heterocycles. The lowest BCUT2D eigenvalue weighted by molar-refractivity contribution is -0.129. The topological polar surface area (TPSA) is 37.3 Å². The van der Waals surface area contributed by atoms with Crippen molar-refractivity contribution in [3.8, 4) is 0 Å². The first-order chi connectivity index (χ1) is 5.54. The average molecular weight is 168 g/mol. The summed E-state index contributed by atoms with van der Waals surface area (Å²) < 4.78 is 0. The molecule has 2 saturated carbocycles. The third kappa shape index (κ3) is 0.634. The highest BCUT2D eigenvalue weighted by Crippen LogP contribution is 2.63. The Morgan fingerprint density at radius 3 is 2.50 bits per heavy atom. The minimum Gasteiger partial charge on any atom is -0.396 e. The molecule has 2 nitrogen and oxygen atoms in total. The zero-order valence-corrected chi connectivity index (χ0v) is 7.76. The molecule has 2 fully saturated rings. The quantitative estimate of drug-likeness (QED) is 0.642. The Balaban J connectivity index is 2.44. The molecule has 0 aromatic rings. The summed E-state index contributed by atoms with van der Waals surface area (Å²) >= 11 is 0. The van der Waals surface area contributed by atoms with E-state index in [4.69, 9.17) is 0 Å². The van der Waals surface area contributed by atoms with Gasteiger partial charge >= 0.3 is 0 Å². The zero-order valence-electron chi connectivity index (χ0n) is 7.76. The van der Waals surface area contributed by atoms with Crippen LogP contribution in [0.15, 0.2) is 0 Å². The molecule has 0 aromatic carbocycles. The summed E-state index contributed by atoms with van der Waals surface area (Å²) in [6, 6.07) is 0. The summed E-state index contributed by atoms with van der Waals surface area (Å²) in [4.78, 5) is 11.6. The molecule has 0 radical (unpaired) electrons. The van der Waals surface area contributed by atoms with Gasteiger partial charge in [-0.2, -0.15) is 0 Å². The van der Waals surface area contributed by atoms with E-state index in [2.05, 4.69) is 6.92 Å². The highest BCUT2D eigenvalue weighted by molar-refractivity contribution is 5.89. The van der Waals surface area contributed by atoms with Gasteiger partial charge in [0.1, 0.15) is 5.78 Å². The minimum atomic E-state index is -0.216. The first-order valence-electron chi connectivity index (χ1n) is 4.69. The average Bonchev–Trinajstić information content (AvgIpc) is 2.39. The van der Waals surface area contributed by atoms with Crippen LogP contribution in [0.4, 0.5) is 0 Å². The zero-order chi connectivity index (χ0) is 8.98. The number of fused-ring (bicyclic) bond motifs is 2. The van der Waals surface area contributed by atoms with Gasteiger partial charge in [-0.3, -0.25) is 4.79 Å². The number of hydrogen-bond acceptors (Lipinski definition) is 2. The van der Waals surface area contributed by atoms with Crippen molar-refractivity contribution in [2.24, 2.45) is 16.7 Å². The molecule has 3 atom stereocenters. The summed E-state index contributed by atoms with van der Waals surface area (Å²) in [5, 5.41) is 9.34. The second-order valence-electron chi connectivity index (χ2n) is 4.77. The van der Waals surface area contributed by atoms with E-state index in [1.807, 2.05) is 6.92 Å². The van der Waals surface area contributed by atoms with Crippen molar-refractivity contribution in [3.63, 3.8) is 0 Å². The second kappa shape index (κ2) is 2.11. The first kappa shape index (κ1) is 8.24. The molecule has 0 spiro atoms. The van der Waals surface area contributed by atoms with Crippen molar-refractivity contribution < 1.29 is 9.90 Å². The van der Waals surface area contributed by atoms with E-state index >= 15 is 0 Å². The first-order valence-corrected chi connectivity index (χ1v) is 4.69. The van der Waals surface area contributed by atoms with Gasteiger partial charge < -0.3 is 5.11 Å².